The fourth-order valence-corrected chi connectivity index (χ4v) is 2.11. The predicted octanol–water partition coefficient (Wildman–Crippen LogP) is 2.82. The van der Waals surface area contributed by atoms with Crippen LogP contribution in [0.3, 0.4) is 0 Å². The molecule has 0 radical (unpaired) electrons. The van der Waals surface area contributed by atoms with Gasteiger partial charge in [0.1, 0.15) is 5.69 Å². The number of hydrogen-bond donors (Lipinski definition) is 0. The van der Waals surface area contributed by atoms with Crippen molar-refractivity contribution >= 4 is 17.4 Å². The molecule has 0 amide bonds. The van der Waals surface area contributed by atoms with Crippen molar-refractivity contribution in [3.05, 3.63) is 28.0 Å². The second-order valence-electron chi connectivity index (χ2n) is 3.55. The maximum Gasteiger partial charge on any atom is 0.181 e. The summed E-state index contributed by atoms with van der Waals surface area (Å²) in [6, 6.07) is 1.90. The lowest BCUT2D eigenvalue weighted by Gasteiger charge is -2.15. The standard InChI is InChI=1S/C11H12ClNO/c1-2-9-8(12)6-7-4-3-5-10(14)11(7)13-9/h6H,2-5H2,1H3. The molecule has 0 aromatic carbocycles. The molecule has 1 aliphatic carbocycles. The highest BCUT2D eigenvalue weighted by Gasteiger charge is 2.20. The highest BCUT2D eigenvalue weighted by molar-refractivity contribution is 6.31. The Morgan fingerprint density at radius 2 is 2.29 bits per heavy atom. The van der Waals surface area contributed by atoms with Crippen molar-refractivity contribution in [2.75, 3.05) is 0 Å². The van der Waals surface area contributed by atoms with Gasteiger partial charge in [0.25, 0.3) is 0 Å². The summed E-state index contributed by atoms with van der Waals surface area (Å²) in [5, 5.41) is 0.695. The fourth-order valence-electron chi connectivity index (χ4n) is 1.80. The number of carbonyl (C=O) groups excluding carboxylic acids is 1. The summed E-state index contributed by atoms with van der Waals surface area (Å²) in [5.74, 6) is 0.164. The molecular formula is C11H12ClNO. The average molecular weight is 210 g/mol. The van der Waals surface area contributed by atoms with Crippen molar-refractivity contribution in [2.24, 2.45) is 0 Å². The van der Waals surface area contributed by atoms with Gasteiger partial charge in [0, 0.05) is 6.42 Å². The first-order valence-electron chi connectivity index (χ1n) is 4.94. The molecule has 1 aliphatic rings. The first-order chi connectivity index (χ1) is 6.72. The van der Waals surface area contributed by atoms with Crippen LogP contribution in [-0.4, -0.2) is 10.8 Å². The van der Waals surface area contributed by atoms with Crippen molar-refractivity contribution in [3.63, 3.8) is 0 Å². The van der Waals surface area contributed by atoms with Gasteiger partial charge in [-0.15, -0.1) is 0 Å². The van der Waals surface area contributed by atoms with Crippen molar-refractivity contribution in [1.29, 1.82) is 0 Å². The highest BCUT2D eigenvalue weighted by Crippen LogP contribution is 2.25. The minimum absolute atomic E-state index is 0.164. The molecular weight excluding hydrogens is 198 g/mol. The molecule has 0 aliphatic heterocycles. The third-order valence-corrected chi connectivity index (χ3v) is 2.90. The number of nitrogens with zero attached hydrogens (tertiary/aromatic N) is 1. The van der Waals surface area contributed by atoms with E-state index >= 15 is 0 Å². The van der Waals surface area contributed by atoms with Gasteiger partial charge < -0.3 is 0 Å². The summed E-state index contributed by atoms with van der Waals surface area (Å²) in [4.78, 5) is 15.9. The van der Waals surface area contributed by atoms with Crippen LogP contribution >= 0.6 is 11.6 Å². The van der Waals surface area contributed by atoms with E-state index in [0.29, 0.717) is 17.1 Å². The van der Waals surface area contributed by atoms with Gasteiger partial charge in [0.2, 0.25) is 0 Å². The Bertz CT molecular complexity index is 387. The van der Waals surface area contributed by atoms with Gasteiger partial charge in [0.05, 0.1) is 10.7 Å². The fraction of sp³-hybridized carbons (Fsp3) is 0.455. The molecule has 0 saturated heterocycles. The summed E-state index contributed by atoms with van der Waals surface area (Å²) >= 11 is 6.04. The number of ketones is 1. The van der Waals surface area contributed by atoms with E-state index in [9.17, 15) is 4.79 Å². The number of Topliss-reactive ketones (excluding diaryl/α,β-unsaturated/α-hetero) is 1. The molecule has 0 atom stereocenters. The third kappa shape index (κ3) is 1.55. The summed E-state index contributed by atoms with van der Waals surface area (Å²) in [6.45, 7) is 1.99. The molecule has 3 heteroatoms. The highest BCUT2D eigenvalue weighted by atomic mass is 35.5. The Balaban J connectivity index is 2.54. The second-order valence-corrected chi connectivity index (χ2v) is 3.96. The summed E-state index contributed by atoms with van der Waals surface area (Å²) < 4.78 is 0. The van der Waals surface area contributed by atoms with Crippen LogP contribution < -0.4 is 0 Å². The van der Waals surface area contributed by atoms with Crippen LogP contribution in [-0.2, 0) is 12.8 Å². The zero-order valence-corrected chi connectivity index (χ0v) is 8.90. The number of carbonyl (C=O) groups is 1. The molecule has 0 fully saturated rings. The zero-order valence-electron chi connectivity index (χ0n) is 8.14. The molecule has 0 N–H and O–H groups in total. The first kappa shape index (κ1) is 9.66. The summed E-state index contributed by atoms with van der Waals surface area (Å²) in [5.41, 5.74) is 2.50. The molecule has 1 aromatic heterocycles. The molecule has 1 heterocycles. The van der Waals surface area contributed by atoms with Gasteiger partial charge >= 0.3 is 0 Å². The van der Waals surface area contributed by atoms with Crippen LogP contribution in [0.25, 0.3) is 0 Å². The van der Waals surface area contributed by atoms with E-state index in [1.807, 2.05) is 13.0 Å². The number of rotatable bonds is 1. The zero-order chi connectivity index (χ0) is 10.1. The van der Waals surface area contributed by atoms with Gasteiger partial charge in [-0.25, -0.2) is 4.98 Å². The number of aromatic nitrogens is 1. The average Bonchev–Trinajstić information content (AvgIpc) is 2.17. The number of aryl methyl sites for hydroxylation is 2. The van der Waals surface area contributed by atoms with Crippen LogP contribution in [0, 0.1) is 0 Å². The quantitative estimate of drug-likeness (QED) is 0.712. The van der Waals surface area contributed by atoms with Gasteiger partial charge in [-0.1, -0.05) is 18.5 Å². The smallest absolute Gasteiger partial charge is 0.181 e. The lowest BCUT2D eigenvalue weighted by atomic mass is 9.94. The molecule has 0 bridgehead atoms. The molecule has 74 valence electrons. The molecule has 0 saturated carbocycles. The molecule has 14 heavy (non-hydrogen) atoms. The van der Waals surface area contributed by atoms with Gasteiger partial charge in [-0.2, -0.15) is 0 Å². The Hall–Kier alpha value is -0.890. The van der Waals surface area contributed by atoms with Crippen LogP contribution in [0.4, 0.5) is 0 Å². The van der Waals surface area contributed by atoms with Gasteiger partial charge in [-0.3, -0.25) is 4.79 Å². The van der Waals surface area contributed by atoms with E-state index in [0.717, 1.165) is 30.5 Å². The number of fused-ring (bicyclic) bond motifs is 1. The predicted molar refractivity (Wildman–Crippen MR) is 55.9 cm³/mol. The van der Waals surface area contributed by atoms with Gasteiger partial charge in [0.15, 0.2) is 5.78 Å². The Morgan fingerprint density at radius 1 is 1.50 bits per heavy atom. The van der Waals surface area contributed by atoms with Crippen molar-refractivity contribution in [3.8, 4) is 0 Å². The maximum absolute atomic E-state index is 11.6. The van der Waals surface area contributed by atoms with E-state index in [1.54, 1.807) is 0 Å². The van der Waals surface area contributed by atoms with Crippen molar-refractivity contribution < 1.29 is 4.79 Å². The SMILES string of the molecule is CCc1nc2c(cc1Cl)CCCC2=O. The van der Waals surface area contributed by atoms with E-state index < -0.39 is 0 Å². The Kier molecular flexibility index (Phi) is 2.55. The van der Waals surface area contributed by atoms with Crippen molar-refractivity contribution in [1.82, 2.24) is 4.98 Å². The third-order valence-electron chi connectivity index (χ3n) is 2.58. The van der Waals surface area contributed by atoms with Crippen LogP contribution in [0.1, 0.15) is 41.5 Å². The Morgan fingerprint density at radius 3 is 3.00 bits per heavy atom. The number of halogens is 1. The number of pyridine rings is 1. The molecule has 1 aromatic rings. The molecule has 0 spiro atoms. The minimum atomic E-state index is 0.164. The van der Waals surface area contributed by atoms with Gasteiger partial charge in [-0.05, 0) is 30.9 Å². The summed E-state index contributed by atoms with van der Waals surface area (Å²) in [7, 11) is 0. The first-order valence-corrected chi connectivity index (χ1v) is 5.31. The lowest BCUT2D eigenvalue weighted by Crippen LogP contribution is -2.14. The van der Waals surface area contributed by atoms with E-state index in [1.165, 1.54) is 0 Å². The molecule has 2 nitrogen and oxygen atoms in total. The minimum Gasteiger partial charge on any atom is -0.292 e. The largest absolute Gasteiger partial charge is 0.292 e. The summed E-state index contributed by atoms with van der Waals surface area (Å²) in [6.07, 6.45) is 3.26. The van der Waals surface area contributed by atoms with Crippen LogP contribution in [0.2, 0.25) is 5.02 Å². The lowest BCUT2D eigenvalue weighted by molar-refractivity contribution is 0.0967. The van der Waals surface area contributed by atoms with Crippen LogP contribution in [0.15, 0.2) is 6.07 Å². The Labute approximate surface area is 88.3 Å². The maximum atomic E-state index is 11.6. The molecule has 2 rings (SSSR count). The molecule has 0 unspecified atom stereocenters. The van der Waals surface area contributed by atoms with Crippen LogP contribution in [0.5, 0.6) is 0 Å². The van der Waals surface area contributed by atoms with E-state index in [-0.39, 0.29) is 5.78 Å². The van der Waals surface area contributed by atoms with E-state index in [2.05, 4.69) is 4.98 Å². The van der Waals surface area contributed by atoms with Crippen molar-refractivity contribution in [2.45, 2.75) is 32.6 Å². The monoisotopic (exact) mass is 209 g/mol. The topological polar surface area (TPSA) is 30.0 Å². The van der Waals surface area contributed by atoms with E-state index in [4.69, 9.17) is 11.6 Å². The number of hydrogen-bond acceptors (Lipinski definition) is 2. The second kappa shape index (κ2) is 3.70. The normalized spacial score (nSPS) is 15.4.